The highest BCUT2D eigenvalue weighted by Gasteiger charge is 2.18. The fraction of sp³-hybridized carbons (Fsp3) is 1.00. The van der Waals surface area contributed by atoms with Crippen LogP contribution in [0.1, 0.15) is 13.3 Å². The first-order valence-corrected chi connectivity index (χ1v) is 3.14. The lowest BCUT2D eigenvalue weighted by Gasteiger charge is -2.09. The van der Waals surface area contributed by atoms with Gasteiger partial charge in [0.2, 0.25) is 0 Å². The lowest BCUT2D eigenvalue weighted by Crippen LogP contribution is -2.26. The smallest absolute Gasteiger partial charge is 0.0509 e. The van der Waals surface area contributed by atoms with Crippen molar-refractivity contribution in [2.45, 2.75) is 19.4 Å². The number of hydrogen-bond donors (Lipinski definition) is 1. The van der Waals surface area contributed by atoms with Crippen LogP contribution in [0.15, 0.2) is 0 Å². The van der Waals surface area contributed by atoms with Crippen molar-refractivity contribution in [1.29, 1.82) is 0 Å². The Morgan fingerprint density at radius 3 is 2.75 bits per heavy atom. The van der Waals surface area contributed by atoms with Crippen molar-refractivity contribution in [3.8, 4) is 0 Å². The predicted molar refractivity (Wildman–Crippen MR) is 32.6 cm³/mol. The molecule has 2 nitrogen and oxygen atoms in total. The van der Waals surface area contributed by atoms with E-state index >= 15 is 0 Å². The summed E-state index contributed by atoms with van der Waals surface area (Å²) in [4.78, 5) is 0. The third-order valence-electron chi connectivity index (χ3n) is 1.71. The zero-order chi connectivity index (χ0) is 5.98. The molecule has 0 aromatic rings. The van der Waals surface area contributed by atoms with Crippen molar-refractivity contribution in [1.82, 2.24) is 0 Å². The molecule has 0 radical (unpaired) electrons. The van der Waals surface area contributed by atoms with Gasteiger partial charge in [0.25, 0.3) is 0 Å². The standard InChI is InChI=1S/C6H13NO/c1-5(7)6-2-3-8-4-6/h5-6H,2-4,7H2,1H3/t5-,6?/m1/s1. The van der Waals surface area contributed by atoms with Crippen molar-refractivity contribution in [3.05, 3.63) is 0 Å². The summed E-state index contributed by atoms with van der Waals surface area (Å²) in [6.45, 7) is 3.82. The number of rotatable bonds is 1. The van der Waals surface area contributed by atoms with Gasteiger partial charge in [-0.05, 0) is 19.3 Å². The Labute approximate surface area is 50.0 Å². The molecule has 1 unspecified atom stereocenters. The zero-order valence-electron chi connectivity index (χ0n) is 5.26. The quantitative estimate of drug-likeness (QED) is 0.536. The van der Waals surface area contributed by atoms with Gasteiger partial charge < -0.3 is 10.5 Å². The molecule has 0 aliphatic carbocycles. The lowest BCUT2D eigenvalue weighted by atomic mass is 10.0. The van der Waals surface area contributed by atoms with E-state index < -0.39 is 0 Å². The van der Waals surface area contributed by atoms with Crippen molar-refractivity contribution in [3.63, 3.8) is 0 Å². The molecular formula is C6H13NO. The molecule has 2 heteroatoms. The highest BCUT2D eigenvalue weighted by Crippen LogP contribution is 2.14. The Bertz CT molecular complexity index is 66.9. The summed E-state index contributed by atoms with van der Waals surface area (Å²) < 4.78 is 5.14. The maximum atomic E-state index is 5.62. The fourth-order valence-corrected chi connectivity index (χ4v) is 0.967. The summed E-state index contributed by atoms with van der Waals surface area (Å²) in [5, 5.41) is 0. The van der Waals surface area contributed by atoms with Gasteiger partial charge in [0.05, 0.1) is 6.61 Å². The van der Waals surface area contributed by atoms with Crippen LogP contribution in [-0.4, -0.2) is 19.3 Å². The Morgan fingerprint density at radius 1 is 1.75 bits per heavy atom. The molecule has 48 valence electrons. The van der Waals surface area contributed by atoms with Crippen LogP contribution in [0.25, 0.3) is 0 Å². The second kappa shape index (κ2) is 2.46. The predicted octanol–water partition coefficient (Wildman–Crippen LogP) is 0.370. The van der Waals surface area contributed by atoms with E-state index in [-0.39, 0.29) is 0 Å². The second-order valence-corrected chi connectivity index (χ2v) is 2.48. The number of hydrogen-bond acceptors (Lipinski definition) is 2. The monoisotopic (exact) mass is 115 g/mol. The lowest BCUT2D eigenvalue weighted by molar-refractivity contribution is 0.182. The summed E-state index contributed by atoms with van der Waals surface area (Å²) in [5.74, 6) is 0.620. The summed E-state index contributed by atoms with van der Waals surface area (Å²) >= 11 is 0. The van der Waals surface area contributed by atoms with Gasteiger partial charge in [-0.15, -0.1) is 0 Å². The SMILES string of the molecule is C[C@@H](N)C1CCOC1. The Balaban J connectivity index is 2.24. The Kier molecular flexibility index (Phi) is 1.86. The van der Waals surface area contributed by atoms with E-state index in [4.69, 9.17) is 10.5 Å². The first kappa shape index (κ1) is 6.05. The molecule has 1 aliphatic heterocycles. The van der Waals surface area contributed by atoms with Crippen LogP contribution < -0.4 is 5.73 Å². The van der Waals surface area contributed by atoms with Gasteiger partial charge in [-0.25, -0.2) is 0 Å². The second-order valence-electron chi connectivity index (χ2n) is 2.48. The molecule has 1 saturated heterocycles. The number of nitrogens with two attached hydrogens (primary N) is 1. The molecule has 1 rings (SSSR count). The summed E-state index contributed by atoms with van der Waals surface area (Å²) in [7, 11) is 0. The van der Waals surface area contributed by atoms with Crippen LogP contribution in [0, 0.1) is 5.92 Å². The normalized spacial score (nSPS) is 33.0. The van der Waals surface area contributed by atoms with Gasteiger partial charge in [-0.1, -0.05) is 0 Å². The van der Waals surface area contributed by atoms with Crippen LogP contribution in [-0.2, 0) is 4.74 Å². The summed E-state index contributed by atoms with van der Waals surface area (Å²) in [6.07, 6.45) is 1.15. The van der Waals surface area contributed by atoms with Crippen molar-refractivity contribution in [2.75, 3.05) is 13.2 Å². The Morgan fingerprint density at radius 2 is 2.50 bits per heavy atom. The molecule has 8 heavy (non-hydrogen) atoms. The molecule has 2 atom stereocenters. The largest absolute Gasteiger partial charge is 0.381 e. The summed E-state index contributed by atoms with van der Waals surface area (Å²) in [6, 6.07) is 0.317. The maximum absolute atomic E-state index is 5.62. The van der Waals surface area contributed by atoms with Gasteiger partial charge in [-0.2, -0.15) is 0 Å². The molecule has 0 amide bonds. The molecule has 1 aliphatic rings. The van der Waals surface area contributed by atoms with Crippen LogP contribution in [0.5, 0.6) is 0 Å². The van der Waals surface area contributed by atoms with Gasteiger partial charge in [0.1, 0.15) is 0 Å². The van der Waals surface area contributed by atoms with Gasteiger partial charge in [0, 0.05) is 12.6 Å². The first-order valence-electron chi connectivity index (χ1n) is 3.14. The molecule has 0 aromatic carbocycles. The van der Waals surface area contributed by atoms with E-state index in [1.807, 2.05) is 6.92 Å². The average Bonchev–Trinajstić information content (AvgIpc) is 2.12. The third-order valence-corrected chi connectivity index (χ3v) is 1.71. The molecule has 0 bridgehead atoms. The summed E-state index contributed by atoms with van der Waals surface area (Å²) in [5.41, 5.74) is 5.62. The van der Waals surface area contributed by atoms with E-state index in [1.54, 1.807) is 0 Å². The van der Waals surface area contributed by atoms with E-state index in [1.165, 1.54) is 0 Å². The van der Waals surface area contributed by atoms with Gasteiger partial charge in [0.15, 0.2) is 0 Å². The van der Waals surface area contributed by atoms with E-state index in [0.717, 1.165) is 19.6 Å². The van der Waals surface area contributed by atoms with Crippen molar-refractivity contribution < 1.29 is 4.74 Å². The van der Waals surface area contributed by atoms with Crippen LogP contribution in [0.3, 0.4) is 0 Å². The van der Waals surface area contributed by atoms with Gasteiger partial charge in [-0.3, -0.25) is 0 Å². The molecule has 1 fully saturated rings. The third kappa shape index (κ3) is 1.20. The van der Waals surface area contributed by atoms with Crippen LogP contribution in [0.4, 0.5) is 0 Å². The van der Waals surface area contributed by atoms with Crippen molar-refractivity contribution >= 4 is 0 Å². The molecule has 0 spiro atoms. The van der Waals surface area contributed by atoms with E-state index in [0.29, 0.717) is 12.0 Å². The average molecular weight is 115 g/mol. The molecule has 0 saturated carbocycles. The fourth-order valence-electron chi connectivity index (χ4n) is 0.967. The van der Waals surface area contributed by atoms with Gasteiger partial charge >= 0.3 is 0 Å². The Hall–Kier alpha value is -0.0800. The van der Waals surface area contributed by atoms with E-state index in [2.05, 4.69) is 0 Å². The molecule has 1 heterocycles. The van der Waals surface area contributed by atoms with E-state index in [9.17, 15) is 0 Å². The zero-order valence-corrected chi connectivity index (χ0v) is 5.26. The van der Waals surface area contributed by atoms with Crippen LogP contribution in [0.2, 0.25) is 0 Å². The highest BCUT2D eigenvalue weighted by atomic mass is 16.5. The first-order chi connectivity index (χ1) is 3.80. The topological polar surface area (TPSA) is 35.2 Å². The molecular weight excluding hydrogens is 102 g/mol. The highest BCUT2D eigenvalue weighted by molar-refractivity contribution is 4.71. The van der Waals surface area contributed by atoms with Crippen LogP contribution >= 0.6 is 0 Å². The minimum Gasteiger partial charge on any atom is -0.381 e. The minimum atomic E-state index is 0.317. The molecule has 2 N–H and O–H groups in total. The van der Waals surface area contributed by atoms with Crippen molar-refractivity contribution in [2.24, 2.45) is 11.7 Å². The maximum Gasteiger partial charge on any atom is 0.0509 e. The molecule has 0 aromatic heterocycles. The minimum absolute atomic E-state index is 0.317. The number of ether oxygens (including phenoxy) is 1.